The summed E-state index contributed by atoms with van der Waals surface area (Å²) in [5, 5.41) is 10.8. The van der Waals surface area contributed by atoms with Crippen LogP contribution in [0.25, 0.3) is 0 Å². The van der Waals surface area contributed by atoms with Crippen LogP contribution in [-0.2, 0) is 0 Å². The number of halogens is 2. The van der Waals surface area contributed by atoms with Gasteiger partial charge in [0.1, 0.15) is 11.5 Å². The summed E-state index contributed by atoms with van der Waals surface area (Å²) in [6.45, 7) is 0. The molecule has 0 aliphatic rings. The highest BCUT2D eigenvalue weighted by Gasteiger charge is 2.15. The average molecular weight is 296 g/mol. The third-order valence-corrected chi connectivity index (χ3v) is 2.68. The minimum atomic E-state index is -1.02. The SMILES string of the molecule is O=Cc1cc(Cl)ccc1Oc1ccc([N+](=O)[O-])c(F)c1. The Labute approximate surface area is 117 Å². The summed E-state index contributed by atoms with van der Waals surface area (Å²) in [4.78, 5) is 20.5. The molecular weight excluding hydrogens is 289 g/mol. The minimum Gasteiger partial charge on any atom is -0.457 e. The summed E-state index contributed by atoms with van der Waals surface area (Å²) in [5.74, 6) is -0.801. The Morgan fingerprint density at radius 2 is 2.00 bits per heavy atom. The van der Waals surface area contributed by atoms with Crippen molar-refractivity contribution in [1.82, 2.24) is 0 Å². The molecule has 0 heterocycles. The molecule has 2 aromatic carbocycles. The number of nitro groups is 1. The molecule has 102 valence electrons. The Kier molecular flexibility index (Phi) is 3.95. The molecule has 0 saturated heterocycles. The van der Waals surface area contributed by atoms with Crippen molar-refractivity contribution in [3.05, 3.63) is 62.9 Å². The van der Waals surface area contributed by atoms with E-state index in [1.54, 1.807) is 0 Å². The summed E-state index contributed by atoms with van der Waals surface area (Å²) < 4.78 is 18.8. The standard InChI is InChI=1S/C13H7ClFNO4/c14-9-1-4-13(8(5-9)7-17)20-10-2-3-12(16(18)19)11(15)6-10/h1-7H. The number of ether oxygens (including phenoxy) is 1. The van der Waals surface area contributed by atoms with Crippen molar-refractivity contribution in [3.63, 3.8) is 0 Å². The number of aldehydes is 1. The molecule has 0 N–H and O–H groups in total. The predicted octanol–water partition coefficient (Wildman–Crippen LogP) is 3.99. The van der Waals surface area contributed by atoms with Crippen LogP contribution in [0, 0.1) is 15.9 Å². The van der Waals surface area contributed by atoms with Crippen molar-refractivity contribution in [2.75, 3.05) is 0 Å². The molecule has 0 saturated carbocycles. The van der Waals surface area contributed by atoms with Gasteiger partial charge < -0.3 is 4.74 Å². The second kappa shape index (κ2) is 5.66. The number of hydrogen-bond donors (Lipinski definition) is 0. The fraction of sp³-hybridized carbons (Fsp3) is 0. The summed E-state index contributed by atoms with van der Waals surface area (Å²) in [6, 6.07) is 7.45. The highest BCUT2D eigenvalue weighted by molar-refractivity contribution is 6.30. The Hall–Kier alpha value is -2.47. The minimum absolute atomic E-state index is 0.0403. The Morgan fingerprint density at radius 1 is 1.25 bits per heavy atom. The van der Waals surface area contributed by atoms with Crippen molar-refractivity contribution < 1.29 is 18.8 Å². The number of rotatable bonds is 4. The van der Waals surface area contributed by atoms with E-state index in [4.69, 9.17) is 16.3 Å². The van der Waals surface area contributed by atoms with E-state index < -0.39 is 16.4 Å². The number of nitro benzene ring substituents is 1. The molecule has 0 fully saturated rings. The average Bonchev–Trinajstić information content (AvgIpc) is 2.40. The number of carbonyl (C=O) groups excluding carboxylic acids is 1. The summed E-state index contributed by atoms with van der Waals surface area (Å²) in [6.07, 6.45) is 0.545. The fourth-order valence-electron chi connectivity index (χ4n) is 1.53. The quantitative estimate of drug-likeness (QED) is 0.486. The second-order valence-corrected chi connectivity index (χ2v) is 4.21. The number of carbonyl (C=O) groups is 1. The molecular formula is C13H7ClFNO4. The molecule has 0 amide bonds. The zero-order valence-corrected chi connectivity index (χ0v) is 10.6. The van der Waals surface area contributed by atoms with Gasteiger partial charge in [0.05, 0.1) is 10.5 Å². The number of benzene rings is 2. The molecule has 0 atom stereocenters. The molecule has 5 nitrogen and oxygen atoms in total. The van der Waals surface area contributed by atoms with E-state index in [9.17, 15) is 19.3 Å². The van der Waals surface area contributed by atoms with E-state index in [-0.39, 0.29) is 17.1 Å². The molecule has 0 radical (unpaired) electrons. The molecule has 7 heteroatoms. The lowest BCUT2D eigenvalue weighted by Gasteiger charge is -2.08. The van der Waals surface area contributed by atoms with Crippen molar-refractivity contribution in [3.8, 4) is 11.5 Å². The summed E-state index contributed by atoms with van der Waals surface area (Å²) >= 11 is 5.73. The maximum Gasteiger partial charge on any atom is 0.305 e. The van der Waals surface area contributed by atoms with Crippen molar-refractivity contribution in [1.29, 1.82) is 0 Å². The Bertz CT molecular complexity index is 690. The van der Waals surface area contributed by atoms with Gasteiger partial charge in [-0.1, -0.05) is 11.6 Å². The monoisotopic (exact) mass is 295 g/mol. The van der Waals surface area contributed by atoms with Gasteiger partial charge in [0.25, 0.3) is 0 Å². The van der Waals surface area contributed by atoms with Gasteiger partial charge in [-0.25, -0.2) is 0 Å². The molecule has 2 rings (SSSR count). The van der Waals surface area contributed by atoms with E-state index in [1.807, 2.05) is 0 Å². The van der Waals surface area contributed by atoms with Crippen LogP contribution in [0.3, 0.4) is 0 Å². The first-order valence-corrected chi connectivity index (χ1v) is 5.75. The molecule has 2 aromatic rings. The van der Waals surface area contributed by atoms with E-state index in [0.29, 0.717) is 11.3 Å². The highest BCUT2D eigenvalue weighted by atomic mass is 35.5. The summed E-state index contributed by atoms with van der Waals surface area (Å²) in [5.41, 5.74) is -0.458. The smallest absolute Gasteiger partial charge is 0.305 e. The van der Waals surface area contributed by atoms with Crippen LogP contribution in [0.5, 0.6) is 11.5 Å². The van der Waals surface area contributed by atoms with Gasteiger partial charge >= 0.3 is 5.69 Å². The first-order chi connectivity index (χ1) is 9.51. The van der Waals surface area contributed by atoms with Crippen molar-refractivity contribution in [2.24, 2.45) is 0 Å². The topological polar surface area (TPSA) is 69.4 Å². The van der Waals surface area contributed by atoms with Crippen molar-refractivity contribution in [2.45, 2.75) is 0 Å². The molecule has 0 bridgehead atoms. The fourth-order valence-corrected chi connectivity index (χ4v) is 1.71. The van der Waals surface area contributed by atoms with Crippen LogP contribution in [0.2, 0.25) is 5.02 Å². The first-order valence-electron chi connectivity index (χ1n) is 5.38. The van der Waals surface area contributed by atoms with Crippen LogP contribution in [-0.4, -0.2) is 11.2 Å². The van der Waals surface area contributed by atoms with Gasteiger partial charge in [-0.3, -0.25) is 14.9 Å². The van der Waals surface area contributed by atoms with Gasteiger partial charge in [-0.2, -0.15) is 4.39 Å². The molecule has 0 unspecified atom stereocenters. The zero-order chi connectivity index (χ0) is 14.7. The van der Waals surface area contributed by atoms with Crippen LogP contribution >= 0.6 is 11.6 Å². The lowest BCUT2D eigenvalue weighted by Crippen LogP contribution is -1.94. The largest absolute Gasteiger partial charge is 0.457 e. The van der Waals surface area contributed by atoms with Gasteiger partial charge in [0.15, 0.2) is 6.29 Å². The maximum atomic E-state index is 13.4. The second-order valence-electron chi connectivity index (χ2n) is 3.77. The van der Waals surface area contributed by atoms with Crippen LogP contribution < -0.4 is 4.74 Å². The van der Waals surface area contributed by atoms with Gasteiger partial charge in [-0.15, -0.1) is 0 Å². The van der Waals surface area contributed by atoms with E-state index in [0.717, 1.165) is 12.1 Å². The molecule has 0 aromatic heterocycles. The Morgan fingerprint density at radius 3 is 2.60 bits per heavy atom. The van der Waals surface area contributed by atoms with E-state index in [2.05, 4.69) is 0 Å². The van der Waals surface area contributed by atoms with Crippen LogP contribution in [0.4, 0.5) is 10.1 Å². The molecule has 0 aliphatic heterocycles. The third-order valence-electron chi connectivity index (χ3n) is 2.44. The lowest BCUT2D eigenvalue weighted by atomic mass is 10.2. The van der Waals surface area contributed by atoms with Crippen molar-refractivity contribution >= 4 is 23.6 Å². The maximum absolute atomic E-state index is 13.4. The van der Waals surface area contributed by atoms with Gasteiger partial charge in [-0.05, 0) is 24.3 Å². The molecule has 20 heavy (non-hydrogen) atoms. The number of hydrogen-bond acceptors (Lipinski definition) is 4. The third kappa shape index (κ3) is 2.92. The van der Waals surface area contributed by atoms with Gasteiger partial charge in [0, 0.05) is 17.2 Å². The van der Waals surface area contributed by atoms with Crippen LogP contribution in [0.15, 0.2) is 36.4 Å². The normalized spacial score (nSPS) is 10.1. The predicted molar refractivity (Wildman–Crippen MR) is 70.0 cm³/mol. The summed E-state index contributed by atoms with van der Waals surface area (Å²) in [7, 11) is 0. The van der Waals surface area contributed by atoms with E-state index >= 15 is 0 Å². The van der Waals surface area contributed by atoms with E-state index in [1.165, 1.54) is 24.3 Å². The number of nitrogens with zero attached hydrogens (tertiary/aromatic N) is 1. The first kappa shape index (κ1) is 14.0. The highest BCUT2D eigenvalue weighted by Crippen LogP contribution is 2.29. The Balaban J connectivity index is 2.33. The molecule has 0 aliphatic carbocycles. The molecule has 0 spiro atoms. The van der Waals surface area contributed by atoms with Gasteiger partial charge in [0.2, 0.25) is 5.82 Å². The van der Waals surface area contributed by atoms with Crippen LogP contribution in [0.1, 0.15) is 10.4 Å². The zero-order valence-electron chi connectivity index (χ0n) is 9.88. The lowest BCUT2D eigenvalue weighted by molar-refractivity contribution is -0.387.